The van der Waals surface area contributed by atoms with Crippen LogP contribution in [0, 0.1) is 0 Å². The van der Waals surface area contributed by atoms with Crippen molar-refractivity contribution in [2.75, 3.05) is 20.1 Å². The Labute approximate surface area is 108 Å². The van der Waals surface area contributed by atoms with E-state index in [4.69, 9.17) is 0 Å². The van der Waals surface area contributed by atoms with Gasteiger partial charge in [-0.15, -0.1) is 11.3 Å². The highest BCUT2D eigenvalue weighted by Crippen LogP contribution is 2.23. The number of likely N-dealkylation sites (N-methyl/N-ethyl adjacent to an activating group) is 1. The maximum atomic E-state index is 11.8. The molecule has 2 heterocycles. The summed E-state index contributed by atoms with van der Waals surface area (Å²) in [5.74, 6) is 0.248. The maximum Gasteiger partial charge on any atom is 0.239 e. The summed E-state index contributed by atoms with van der Waals surface area (Å²) in [5.41, 5.74) is 0. The predicted octanol–water partition coefficient (Wildman–Crippen LogP) is 1.87. The zero-order valence-electron chi connectivity index (χ0n) is 9.20. The average molecular weight is 303 g/mol. The Morgan fingerprint density at radius 1 is 1.62 bits per heavy atom. The molecule has 0 saturated carbocycles. The van der Waals surface area contributed by atoms with Gasteiger partial charge < -0.3 is 10.2 Å². The summed E-state index contributed by atoms with van der Waals surface area (Å²) >= 11 is 5.19. The van der Waals surface area contributed by atoms with Crippen molar-refractivity contribution in [3.8, 4) is 0 Å². The summed E-state index contributed by atoms with van der Waals surface area (Å²) in [5, 5.41) is 3.05. The first-order valence-electron chi connectivity index (χ1n) is 5.41. The normalized spacial score (nSPS) is 20.8. The number of carbonyl (C=O) groups is 1. The van der Waals surface area contributed by atoms with E-state index in [0.717, 1.165) is 29.7 Å². The zero-order valence-corrected chi connectivity index (χ0v) is 11.6. The topological polar surface area (TPSA) is 32.3 Å². The molecule has 2 rings (SSSR count). The van der Waals surface area contributed by atoms with Crippen LogP contribution in [0.5, 0.6) is 0 Å². The molecule has 1 aliphatic heterocycles. The monoisotopic (exact) mass is 302 g/mol. The number of amides is 1. The molecular weight excluding hydrogens is 288 g/mol. The molecule has 1 saturated heterocycles. The van der Waals surface area contributed by atoms with Crippen LogP contribution in [0.2, 0.25) is 0 Å². The van der Waals surface area contributed by atoms with Crippen molar-refractivity contribution in [1.82, 2.24) is 10.2 Å². The maximum absolute atomic E-state index is 11.8. The van der Waals surface area contributed by atoms with E-state index in [0.29, 0.717) is 0 Å². The third-order valence-electron chi connectivity index (χ3n) is 2.90. The third-order valence-corrected chi connectivity index (χ3v) is 4.59. The van der Waals surface area contributed by atoms with Crippen LogP contribution in [0.15, 0.2) is 15.9 Å². The van der Waals surface area contributed by atoms with Gasteiger partial charge in [-0.25, -0.2) is 0 Å². The number of likely N-dealkylation sites (tertiary alicyclic amines) is 1. The fourth-order valence-electron chi connectivity index (χ4n) is 1.96. The molecule has 1 aromatic heterocycles. The molecule has 0 aromatic carbocycles. The Hall–Kier alpha value is -0.390. The van der Waals surface area contributed by atoms with E-state index >= 15 is 0 Å². The Balaban J connectivity index is 1.85. The molecule has 3 nitrogen and oxygen atoms in total. The fourth-order valence-corrected chi connectivity index (χ4v) is 3.43. The lowest BCUT2D eigenvalue weighted by Gasteiger charge is -2.15. The SMILES string of the molecule is CNC1CCN(CCc2ccc(Br)s2)C1=O. The Bertz CT molecular complexity index is 380. The lowest BCUT2D eigenvalue weighted by Crippen LogP contribution is -2.37. The highest BCUT2D eigenvalue weighted by molar-refractivity contribution is 9.11. The van der Waals surface area contributed by atoms with Gasteiger partial charge in [-0.2, -0.15) is 0 Å². The van der Waals surface area contributed by atoms with E-state index < -0.39 is 0 Å². The first kappa shape index (κ1) is 12.1. The van der Waals surface area contributed by atoms with Crippen LogP contribution in [-0.2, 0) is 11.2 Å². The van der Waals surface area contributed by atoms with Crippen molar-refractivity contribution in [3.05, 3.63) is 20.8 Å². The Morgan fingerprint density at radius 2 is 2.44 bits per heavy atom. The molecule has 1 N–H and O–H groups in total. The van der Waals surface area contributed by atoms with Gasteiger partial charge in [-0.1, -0.05) is 0 Å². The predicted molar refractivity (Wildman–Crippen MR) is 69.8 cm³/mol. The van der Waals surface area contributed by atoms with Gasteiger partial charge in [0.05, 0.1) is 9.83 Å². The van der Waals surface area contributed by atoms with E-state index in [1.54, 1.807) is 11.3 Å². The van der Waals surface area contributed by atoms with Crippen molar-refractivity contribution in [2.24, 2.45) is 0 Å². The number of hydrogen-bond acceptors (Lipinski definition) is 3. The summed E-state index contributed by atoms with van der Waals surface area (Å²) in [6.07, 6.45) is 1.89. The highest BCUT2D eigenvalue weighted by Gasteiger charge is 2.29. The van der Waals surface area contributed by atoms with Crippen molar-refractivity contribution >= 4 is 33.2 Å². The average Bonchev–Trinajstić information content (AvgIpc) is 2.83. The Morgan fingerprint density at radius 3 is 3.00 bits per heavy atom. The van der Waals surface area contributed by atoms with E-state index in [1.807, 2.05) is 11.9 Å². The van der Waals surface area contributed by atoms with Crippen molar-refractivity contribution < 1.29 is 4.79 Å². The molecule has 0 spiro atoms. The minimum Gasteiger partial charge on any atom is -0.341 e. The van der Waals surface area contributed by atoms with Gasteiger partial charge in [0.15, 0.2) is 0 Å². The zero-order chi connectivity index (χ0) is 11.5. The number of rotatable bonds is 4. The molecule has 5 heteroatoms. The molecule has 1 unspecified atom stereocenters. The molecule has 1 amide bonds. The van der Waals surface area contributed by atoms with Gasteiger partial charge in [0.1, 0.15) is 0 Å². The summed E-state index contributed by atoms with van der Waals surface area (Å²) in [7, 11) is 1.85. The largest absolute Gasteiger partial charge is 0.341 e. The van der Waals surface area contributed by atoms with Crippen LogP contribution in [0.3, 0.4) is 0 Å². The molecule has 1 fully saturated rings. The second kappa shape index (κ2) is 5.29. The van der Waals surface area contributed by atoms with Gasteiger partial charge in [0, 0.05) is 18.0 Å². The summed E-state index contributed by atoms with van der Waals surface area (Å²) in [6, 6.07) is 4.21. The molecule has 1 atom stereocenters. The molecule has 1 aliphatic rings. The lowest BCUT2D eigenvalue weighted by molar-refractivity contribution is -0.129. The molecule has 0 aliphatic carbocycles. The first-order valence-corrected chi connectivity index (χ1v) is 7.02. The molecular formula is C11H15BrN2OS. The molecule has 88 valence electrons. The number of halogens is 1. The van der Waals surface area contributed by atoms with Gasteiger partial charge in [0.25, 0.3) is 0 Å². The highest BCUT2D eigenvalue weighted by atomic mass is 79.9. The van der Waals surface area contributed by atoms with Crippen LogP contribution < -0.4 is 5.32 Å². The molecule has 16 heavy (non-hydrogen) atoms. The molecule has 0 bridgehead atoms. The molecule has 1 aromatic rings. The van der Waals surface area contributed by atoms with Gasteiger partial charge in [0.2, 0.25) is 5.91 Å². The summed E-state index contributed by atoms with van der Waals surface area (Å²) in [6.45, 7) is 1.72. The smallest absolute Gasteiger partial charge is 0.239 e. The number of thiophene rings is 1. The standard InChI is InChI=1S/C11H15BrN2OS/c1-13-9-5-7-14(11(9)15)6-4-8-2-3-10(12)16-8/h2-3,9,13H,4-7H2,1H3. The third kappa shape index (κ3) is 2.64. The lowest BCUT2D eigenvalue weighted by atomic mass is 10.2. The first-order chi connectivity index (χ1) is 7.70. The van der Waals surface area contributed by atoms with Gasteiger partial charge in [-0.3, -0.25) is 4.79 Å². The minimum absolute atomic E-state index is 0.0371. The number of hydrogen-bond donors (Lipinski definition) is 1. The van der Waals surface area contributed by atoms with Crippen LogP contribution in [0.25, 0.3) is 0 Å². The summed E-state index contributed by atoms with van der Waals surface area (Å²) in [4.78, 5) is 15.1. The van der Waals surface area contributed by atoms with Crippen LogP contribution in [0.4, 0.5) is 0 Å². The van der Waals surface area contributed by atoms with Crippen LogP contribution in [-0.4, -0.2) is 37.0 Å². The Kier molecular flexibility index (Phi) is 4.00. The van der Waals surface area contributed by atoms with E-state index in [9.17, 15) is 4.79 Å². The fraction of sp³-hybridized carbons (Fsp3) is 0.545. The second-order valence-corrected chi connectivity index (χ2v) is 6.46. The van der Waals surface area contributed by atoms with Crippen LogP contribution >= 0.6 is 27.3 Å². The molecule has 0 radical (unpaired) electrons. The minimum atomic E-state index is 0.0371. The van der Waals surface area contributed by atoms with Crippen LogP contribution in [0.1, 0.15) is 11.3 Å². The quantitative estimate of drug-likeness (QED) is 0.921. The number of nitrogens with zero attached hydrogens (tertiary/aromatic N) is 1. The van der Waals surface area contributed by atoms with Crippen molar-refractivity contribution in [1.29, 1.82) is 0 Å². The van der Waals surface area contributed by atoms with E-state index in [1.165, 1.54) is 4.88 Å². The summed E-state index contributed by atoms with van der Waals surface area (Å²) < 4.78 is 1.16. The number of nitrogens with one attached hydrogen (secondary N) is 1. The van der Waals surface area contributed by atoms with Gasteiger partial charge in [-0.05, 0) is 48.0 Å². The second-order valence-electron chi connectivity index (χ2n) is 3.91. The van der Waals surface area contributed by atoms with Crippen molar-refractivity contribution in [2.45, 2.75) is 18.9 Å². The van der Waals surface area contributed by atoms with Crippen molar-refractivity contribution in [3.63, 3.8) is 0 Å². The van der Waals surface area contributed by atoms with Gasteiger partial charge >= 0.3 is 0 Å². The van der Waals surface area contributed by atoms with E-state index in [-0.39, 0.29) is 11.9 Å². The van der Waals surface area contributed by atoms with E-state index in [2.05, 4.69) is 33.4 Å². The number of carbonyl (C=O) groups excluding carboxylic acids is 1.